The molecule has 198 valence electrons. The predicted molar refractivity (Wildman–Crippen MR) is 65.7 cm³/mol. The first-order valence-corrected chi connectivity index (χ1v) is 7.75. The average molecular weight is 592 g/mol. The molecule has 0 aliphatic carbocycles. The fraction of sp³-hybridized carbons (Fsp3) is 1.00. The molecule has 0 unspecified atom stereocenters. The van der Waals surface area contributed by atoms with Crippen LogP contribution in [0.15, 0.2) is 0 Å². The van der Waals surface area contributed by atoms with Crippen LogP contribution in [0, 0.1) is 0 Å². The van der Waals surface area contributed by atoms with Gasteiger partial charge in [0.1, 0.15) is 0 Å². The van der Waals surface area contributed by atoms with E-state index < -0.39 is 63.0 Å². The zero-order valence-electron chi connectivity index (χ0n) is 13.4. The summed E-state index contributed by atoms with van der Waals surface area (Å²) in [5.74, 6) is -62.2. The zero-order valence-corrected chi connectivity index (χ0v) is 14.2. The Kier molecular flexibility index (Phi) is 8.97. The van der Waals surface area contributed by atoms with E-state index in [2.05, 4.69) is 0 Å². The summed E-state index contributed by atoms with van der Waals surface area (Å²) < 4.78 is 270. The van der Waals surface area contributed by atoms with Crippen LogP contribution in [0.5, 0.6) is 0 Å². The van der Waals surface area contributed by atoms with Gasteiger partial charge in [0.05, 0.1) is 0 Å². The van der Waals surface area contributed by atoms with Gasteiger partial charge >= 0.3 is 101 Å². The summed E-state index contributed by atoms with van der Waals surface area (Å²) in [4.78, 5) is 0. The molecular formula is C9H3CaF19O3S. The van der Waals surface area contributed by atoms with E-state index in [1.54, 1.807) is 0 Å². The van der Waals surface area contributed by atoms with Crippen molar-refractivity contribution in [3.63, 3.8) is 0 Å². The summed E-state index contributed by atoms with van der Waals surface area (Å²) in [5, 5.41) is -7.96. The topological polar surface area (TPSA) is 54.4 Å². The van der Waals surface area contributed by atoms with Crippen molar-refractivity contribution in [2.45, 2.75) is 52.9 Å². The van der Waals surface area contributed by atoms with E-state index in [9.17, 15) is 91.8 Å². The third-order valence-corrected chi connectivity index (χ3v) is 4.32. The Hall–Kier alpha value is -0.160. The molecule has 0 aromatic rings. The van der Waals surface area contributed by atoms with E-state index in [0.717, 1.165) is 0 Å². The Morgan fingerprint density at radius 2 is 0.576 bits per heavy atom. The van der Waals surface area contributed by atoms with Crippen LogP contribution in [0.3, 0.4) is 0 Å². The van der Waals surface area contributed by atoms with Gasteiger partial charge in [-0.05, 0) is 0 Å². The first-order chi connectivity index (χ1) is 13.2. The minimum absolute atomic E-state index is 0. The number of rotatable bonds is 8. The Balaban J connectivity index is 0. The van der Waals surface area contributed by atoms with Gasteiger partial charge in [0.15, 0.2) is 0 Å². The van der Waals surface area contributed by atoms with Gasteiger partial charge in [0, 0.05) is 0 Å². The van der Waals surface area contributed by atoms with Crippen LogP contribution in [0.25, 0.3) is 0 Å². The summed E-state index contributed by atoms with van der Waals surface area (Å²) in [6.07, 6.45) is -7.99. The molecule has 0 aromatic heterocycles. The molecule has 0 spiro atoms. The van der Waals surface area contributed by atoms with E-state index in [4.69, 9.17) is 4.55 Å². The molecule has 0 aliphatic heterocycles. The van der Waals surface area contributed by atoms with Crippen molar-refractivity contribution in [3.8, 4) is 0 Å². The molecular weight excluding hydrogens is 589 g/mol. The van der Waals surface area contributed by atoms with Gasteiger partial charge in [0.2, 0.25) is 0 Å². The van der Waals surface area contributed by atoms with Gasteiger partial charge in [-0.15, -0.1) is 0 Å². The zero-order chi connectivity index (χ0) is 27.0. The van der Waals surface area contributed by atoms with Crippen molar-refractivity contribution in [3.05, 3.63) is 0 Å². The second-order valence-corrected chi connectivity index (χ2v) is 6.97. The van der Waals surface area contributed by atoms with Gasteiger partial charge in [-0.3, -0.25) is 4.55 Å². The molecule has 0 atom stereocenters. The normalized spacial score (nSPS) is 16.5. The first-order valence-electron chi connectivity index (χ1n) is 6.31. The molecule has 0 saturated carbocycles. The van der Waals surface area contributed by atoms with Crippen molar-refractivity contribution >= 4 is 47.9 Å². The molecule has 24 heteroatoms. The van der Waals surface area contributed by atoms with Crippen LogP contribution in [-0.4, -0.2) is 104 Å². The van der Waals surface area contributed by atoms with Crippen molar-refractivity contribution in [2.75, 3.05) is 0 Å². The van der Waals surface area contributed by atoms with Crippen molar-refractivity contribution in [1.29, 1.82) is 0 Å². The first kappa shape index (κ1) is 35.0. The van der Waals surface area contributed by atoms with Crippen LogP contribution in [0.1, 0.15) is 0 Å². The molecule has 0 fully saturated rings. The number of alkyl halides is 19. The van der Waals surface area contributed by atoms with E-state index in [1.165, 1.54) is 0 Å². The maximum atomic E-state index is 13.2. The van der Waals surface area contributed by atoms with E-state index >= 15 is 0 Å². The van der Waals surface area contributed by atoms with Crippen molar-refractivity contribution in [1.82, 2.24) is 0 Å². The standard InChI is InChI=1S/C9HF19O3S.Ca.2H/c10-1(11,2(12,13)4(16,17)6(20,21)8(24,25)26)3(14,15)5(18,19)7(22,23)9(27,28)32(29,30)31;;;/h(H,29,30,31);;;. The molecule has 0 bridgehead atoms. The molecule has 1 N–H and O–H groups in total. The van der Waals surface area contributed by atoms with Crippen LogP contribution in [0.4, 0.5) is 83.4 Å². The van der Waals surface area contributed by atoms with Gasteiger partial charge in [-0.2, -0.15) is 91.8 Å². The SMILES string of the molecule is O=S(=O)(O)C(F)(F)C(F)(F)C(F)(F)C(F)(F)C(F)(F)C(F)(F)C(F)(F)C(F)(F)C(F)(F)F.[CaH2]. The van der Waals surface area contributed by atoms with Crippen LogP contribution in [0.2, 0.25) is 0 Å². The Bertz CT molecular complexity index is 828. The van der Waals surface area contributed by atoms with Crippen LogP contribution < -0.4 is 0 Å². The predicted octanol–water partition coefficient (Wildman–Crippen LogP) is 4.56. The van der Waals surface area contributed by atoms with E-state index in [-0.39, 0.29) is 37.7 Å². The monoisotopic (exact) mass is 592 g/mol. The van der Waals surface area contributed by atoms with Gasteiger partial charge < -0.3 is 0 Å². The van der Waals surface area contributed by atoms with Gasteiger partial charge in [0.25, 0.3) is 0 Å². The van der Waals surface area contributed by atoms with Gasteiger partial charge in [-0.25, -0.2) is 0 Å². The molecule has 0 rings (SSSR count). The third kappa shape index (κ3) is 4.34. The fourth-order valence-electron chi connectivity index (χ4n) is 1.51. The summed E-state index contributed by atoms with van der Waals surface area (Å²) in [7, 11) is -8.00. The molecule has 0 saturated heterocycles. The summed E-state index contributed by atoms with van der Waals surface area (Å²) >= 11 is 0. The Morgan fingerprint density at radius 1 is 0.394 bits per heavy atom. The number of hydrogen-bond donors (Lipinski definition) is 1. The summed E-state index contributed by atoms with van der Waals surface area (Å²) in [6, 6.07) is 0. The molecule has 3 nitrogen and oxygen atoms in total. The number of halogens is 19. The molecule has 0 amide bonds. The average Bonchev–Trinajstić information content (AvgIpc) is 2.51. The number of hydrogen-bond acceptors (Lipinski definition) is 2. The Morgan fingerprint density at radius 3 is 0.758 bits per heavy atom. The van der Waals surface area contributed by atoms with Gasteiger partial charge in [-0.1, -0.05) is 0 Å². The second kappa shape index (κ2) is 8.46. The third-order valence-electron chi connectivity index (χ3n) is 3.41. The van der Waals surface area contributed by atoms with E-state index in [1.807, 2.05) is 0 Å². The second-order valence-electron chi connectivity index (χ2n) is 5.51. The fourth-order valence-corrected chi connectivity index (χ4v) is 1.96. The molecule has 0 aliphatic rings. The van der Waals surface area contributed by atoms with Crippen molar-refractivity contribution < 1.29 is 96.4 Å². The van der Waals surface area contributed by atoms with Crippen LogP contribution >= 0.6 is 0 Å². The minimum atomic E-state index is -9.15. The maximum absolute atomic E-state index is 13.2. The summed E-state index contributed by atoms with van der Waals surface area (Å²) in [6.45, 7) is 0. The molecule has 0 aromatic carbocycles. The molecule has 0 heterocycles. The summed E-state index contributed by atoms with van der Waals surface area (Å²) in [5.41, 5.74) is 0. The molecule has 33 heavy (non-hydrogen) atoms. The quantitative estimate of drug-likeness (QED) is 0.256. The van der Waals surface area contributed by atoms with E-state index in [0.29, 0.717) is 0 Å². The Labute approximate surface area is 197 Å². The molecule has 0 radical (unpaired) electrons. The van der Waals surface area contributed by atoms with Crippen molar-refractivity contribution in [2.24, 2.45) is 0 Å². The van der Waals surface area contributed by atoms with Crippen LogP contribution in [-0.2, 0) is 10.1 Å².